The molecule has 2 heterocycles. The highest BCUT2D eigenvalue weighted by molar-refractivity contribution is 5.78. The summed E-state index contributed by atoms with van der Waals surface area (Å²) in [5, 5.41) is 3.53. The Morgan fingerprint density at radius 3 is 3.26 bits per heavy atom. The first-order valence-corrected chi connectivity index (χ1v) is 6.01. The van der Waals surface area contributed by atoms with Crippen LogP contribution in [-0.4, -0.2) is 36.0 Å². The zero-order valence-electron chi connectivity index (χ0n) is 10.7. The third kappa shape index (κ3) is 3.14. The van der Waals surface area contributed by atoms with E-state index in [1.165, 1.54) is 0 Å². The Kier molecular flexibility index (Phi) is 4.20. The normalized spacial score (nSPS) is 18.3. The summed E-state index contributed by atoms with van der Waals surface area (Å²) in [6, 6.07) is 3.70. The molecule has 0 saturated carbocycles. The zero-order chi connectivity index (χ0) is 13.7. The van der Waals surface area contributed by atoms with Gasteiger partial charge in [0.2, 0.25) is 11.8 Å². The maximum Gasteiger partial charge on any atom is 0.223 e. The first kappa shape index (κ1) is 13.2. The molecule has 2 rings (SSSR count). The fraction of sp³-hybridized carbons (Fsp3) is 0.500. The standard InChI is InChI=1S/C12H15N5O2/c1-19-12-10(3-2-4-14-12)8-17-7-9(5-11(17)18)6-15-16-13/h2-4,9H,5-8H2,1H3. The second-order valence-corrected chi connectivity index (χ2v) is 4.43. The first-order chi connectivity index (χ1) is 9.24. The maximum absolute atomic E-state index is 11.9. The molecule has 1 aliphatic rings. The minimum absolute atomic E-state index is 0.0732. The van der Waals surface area contributed by atoms with Crippen molar-refractivity contribution in [3.8, 4) is 5.88 Å². The highest BCUT2D eigenvalue weighted by Gasteiger charge is 2.29. The summed E-state index contributed by atoms with van der Waals surface area (Å²) < 4.78 is 5.17. The number of amides is 1. The average molecular weight is 261 g/mol. The number of nitrogens with zero attached hydrogens (tertiary/aromatic N) is 5. The number of ether oxygens (including phenoxy) is 1. The molecule has 1 aliphatic heterocycles. The van der Waals surface area contributed by atoms with Crippen LogP contribution in [0.15, 0.2) is 23.4 Å². The molecular formula is C12H15N5O2. The topological polar surface area (TPSA) is 91.2 Å². The minimum atomic E-state index is 0.0732. The molecule has 0 aliphatic carbocycles. The van der Waals surface area contributed by atoms with Gasteiger partial charge in [-0.2, -0.15) is 0 Å². The lowest BCUT2D eigenvalue weighted by atomic mass is 10.1. The molecule has 100 valence electrons. The summed E-state index contributed by atoms with van der Waals surface area (Å²) in [7, 11) is 1.56. The van der Waals surface area contributed by atoms with Crippen molar-refractivity contribution in [3.05, 3.63) is 34.3 Å². The molecule has 1 amide bonds. The van der Waals surface area contributed by atoms with Crippen molar-refractivity contribution in [1.29, 1.82) is 0 Å². The van der Waals surface area contributed by atoms with E-state index < -0.39 is 0 Å². The number of carbonyl (C=O) groups excluding carboxylic acids is 1. The fourth-order valence-corrected chi connectivity index (χ4v) is 2.21. The predicted octanol–water partition coefficient (Wildman–Crippen LogP) is 1.75. The lowest BCUT2D eigenvalue weighted by Crippen LogP contribution is -2.25. The van der Waals surface area contributed by atoms with Gasteiger partial charge in [-0.05, 0) is 17.5 Å². The number of aromatic nitrogens is 1. The van der Waals surface area contributed by atoms with E-state index in [0.29, 0.717) is 31.9 Å². The van der Waals surface area contributed by atoms with Gasteiger partial charge in [0.15, 0.2) is 0 Å². The molecule has 0 radical (unpaired) electrons. The monoisotopic (exact) mass is 261 g/mol. The van der Waals surface area contributed by atoms with E-state index in [0.717, 1.165) is 5.56 Å². The molecule has 1 saturated heterocycles. The van der Waals surface area contributed by atoms with Crippen molar-refractivity contribution >= 4 is 5.91 Å². The van der Waals surface area contributed by atoms with Gasteiger partial charge in [0.05, 0.1) is 13.7 Å². The van der Waals surface area contributed by atoms with Crippen LogP contribution in [0.5, 0.6) is 5.88 Å². The minimum Gasteiger partial charge on any atom is -0.481 e. The molecule has 1 atom stereocenters. The molecule has 0 N–H and O–H groups in total. The molecule has 0 bridgehead atoms. The Bertz CT molecular complexity index is 513. The third-order valence-corrected chi connectivity index (χ3v) is 3.10. The van der Waals surface area contributed by atoms with Gasteiger partial charge in [-0.15, -0.1) is 0 Å². The van der Waals surface area contributed by atoms with Gasteiger partial charge < -0.3 is 9.64 Å². The summed E-state index contributed by atoms with van der Waals surface area (Å²) >= 11 is 0. The number of likely N-dealkylation sites (tertiary alicyclic amines) is 1. The summed E-state index contributed by atoms with van der Waals surface area (Å²) in [5.74, 6) is 0.712. The number of rotatable bonds is 5. The summed E-state index contributed by atoms with van der Waals surface area (Å²) in [5.41, 5.74) is 9.17. The Balaban J connectivity index is 2.03. The quantitative estimate of drug-likeness (QED) is 0.459. The van der Waals surface area contributed by atoms with E-state index in [1.54, 1.807) is 18.2 Å². The Morgan fingerprint density at radius 2 is 2.53 bits per heavy atom. The van der Waals surface area contributed by atoms with Gasteiger partial charge in [-0.3, -0.25) is 4.79 Å². The highest BCUT2D eigenvalue weighted by Crippen LogP contribution is 2.23. The summed E-state index contributed by atoms with van der Waals surface area (Å²) in [4.78, 5) is 20.5. The van der Waals surface area contributed by atoms with Crippen molar-refractivity contribution in [2.24, 2.45) is 11.0 Å². The van der Waals surface area contributed by atoms with Crippen molar-refractivity contribution in [1.82, 2.24) is 9.88 Å². The average Bonchev–Trinajstić information content (AvgIpc) is 2.77. The van der Waals surface area contributed by atoms with Crippen LogP contribution < -0.4 is 4.74 Å². The molecule has 0 aromatic carbocycles. The molecule has 7 heteroatoms. The van der Waals surface area contributed by atoms with Gasteiger partial charge in [0, 0.05) is 36.2 Å². The number of hydrogen-bond acceptors (Lipinski definition) is 4. The van der Waals surface area contributed by atoms with Crippen molar-refractivity contribution in [2.75, 3.05) is 20.2 Å². The number of methoxy groups -OCH3 is 1. The number of azide groups is 1. The fourth-order valence-electron chi connectivity index (χ4n) is 2.21. The third-order valence-electron chi connectivity index (χ3n) is 3.10. The van der Waals surface area contributed by atoms with Gasteiger partial charge in [-0.25, -0.2) is 4.98 Å². The lowest BCUT2D eigenvalue weighted by Gasteiger charge is -2.17. The highest BCUT2D eigenvalue weighted by atomic mass is 16.5. The van der Waals surface area contributed by atoms with E-state index >= 15 is 0 Å². The smallest absolute Gasteiger partial charge is 0.223 e. The van der Waals surface area contributed by atoms with Crippen LogP contribution in [0, 0.1) is 5.92 Å². The molecule has 1 fully saturated rings. The largest absolute Gasteiger partial charge is 0.481 e. The molecule has 1 aromatic heterocycles. The second kappa shape index (κ2) is 6.06. The maximum atomic E-state index is 11.9. The first-order valence-electron chi connectivity index (χ1n) is 6.01. The second-order valence-electron chi connectivity index (χ2n) is 4.43. The molecule has 7 nitrogen and oxygen atoms in total. The number of pyridine rings is 1. The molecule has 0 spiro atoms. The van der Waals surface area contributed by atoms with E-state index in [4.69, 9.17) is 10.3 Å². The molecule has 1 aromatic rings. The van der Waals surface area contributed by atoms with Crippen molar-refractivity contribution in [2.45, 2.75) is 13.0 Å². The van der Waals surface area contributed by atoms with E-state index in [-0.39, 0.29) is 11.8 Å². The molecule has 1 unspecified atom stereocenters. The number of hydrogen-bond donors (Lipinski definition) is 0. The predicted molar refractivity (Wildman–Crippen MR) is 68.3 cm³/mol. The van der Waals surface area contributed by atoms with Crippen LogP contribution in [0.3, 0.4) is 0 Å². The molecule has 19 heavy (non-hydrogen) atoms. The lowest BCUT2D eigenvalue weighted by molar-refractivity contribution is -0.128. The van der Waals surface area contributed by atoms with E-state index in [9.17, 15) is 4.79 Å². The molecular weight excluding hydrogens is 246 g/mol. The van der Waals surface area contributed by atoms with Gasteiger partial charge in [0.1, 0.15) is 0 Å². The zero-order valence-corrected chi connectivity index (χ0v) is 10.7. The Labute approximate surface area is 110 Å². The van der Waals surface area contributed by atoms with E-state index in [1.807, 2.05) is 12.1 Å². The van der Waals surface area contributed by atoms with Crippen LogP contribution in [-0.2, 0) is 11.3 Å². The SMILES string of the molecule is COc1ncccc1CN1CC(CN=[N+]=[N-])CC1=O. The van der Waals surface area contributed by atoms with Crippen LogP contribution in [0.25, 0.3) is 10.4 Å². The van der Waals surface area contributed by atoms with Crippen molar-refractivity contribution < 1.29 is 9.53 Å². The van der Waals surface area contributed by atoms with Crippen LogP contribution >= 0.6 is 0 Å². The van der Waals surface area contributed by atoms with Gasteiger partial charge in [0.25, 0.3) is 0 Å². The summed E-state index contributed by atoms with van der Waals surface area (Å²) in [6.07, 6.45) is 2.08. The van der Waals surface area contributed by atoms with E-state index in [2.05, 4.69) is 15.0 Å². The van der Waals surface area contributed by atoms with Crippen LogP contribution in [0.2, 0.25) is 0 Å². The van der Waals surface area contributed by atoms with Crippen LogP contribution in [0.4, 0.5) is 0 Å². The number of carbonyl (C=O) groups is 1. The van der Waals surface area contributed by atoms with Gasteiger partial charge in [-0.1, -0.05) is 11.2 Å². The Hall–Kier alpha value is -2.27. The summed E-state index contributed by atoms with van der Waals surface area (Å²) in [6.45, 7) is 1.45. The van der Waals surface area contributed by atoms with Gasteiger partial charge >= 0.3 is 0 Å². The van der Waals surface area contributed by atoms with Crippen LogP contribution in [0.1, 0.15) is 12.0 Å². The van der Waals surface area contributed by atoms with Crippen molar-refractivity contribution in [3.63, 3.8) is 0 Å². The Morgan fingerprint density at radius 1 is 1.68 bits per heavy atom.